The number of unbranched alkanes of at least 4 members (excludes halogenated alkanes) is 34. The number of rotatable bonds is 50. The maximum atomic E-state index is 12.8. The average Bonchev–Trinajstić information content (AvgIpc) is 3.29. The molecule has 0 amide bonds. The van der Waals surface area contributed by atoms with Crippen LogP contribution in [0.1, 0.15) is 284 Å². The minimum Gasteiger partial charge on any atom is -0.462 e. The lowest BCUT2D eigenvalue weighted by Crippen LogP contribution is -2.30. The Hall–Kier alpha value is -2.63. The van der Waals surface area contributed by atoms with Gasteiger partial charge in [-0.2, -0.15) is 0 Å². The third kappa shape index (κ3) is 50.4. The molecule has 0 aromatic heterocycles. The molecular weight excluding hydrogens is 793 g/mol. The maximum absolute atomic E-state index is 12.8. The molecule has 6 heteroatoms. The number of ether oxygens (including phenoxy) is 3. The van der Waals surface area contributed by atoms with Gasteiger partial charge in [-0.1, -0.05) is 275 Å². The SMILES string of the molecule is CC\C=C/C=C\C=C/C=C\CCCCCCCC(=O)OC(COC(=O)CCCCCCCCCCCCCCCC)COC(=O)CCCCCCCCCCCCCCCCCCC. The Labute approximate surface area is 397 Å². The van der Waals surface area contributed by atoms with Crippen molar-refractivity contribution in [1.82, 2.24) is 0 Å². The summed E-state index contributed by atoms with van der Waals surface area (Å²) in [6.45, 7) is 6.52. The van der Waals surface area contributed by atoms with Gasteiger partial charge in [-0.3, -0.25) is 14.4 Å². The Morgan fingerprint density at radius 2 is 0.609 bits per heavy atom. The van der Waals surface area contributed by atoms with Crippen LogP contribution in [-0.2, 0) is 28.6 Å². The van der Waals surface area contributed by atoms with Crippen molar-refractivity contribution in [3.8, 4) is 0 Å². The number of allylic oxidation sites excluding steroid dienone is 8. The van der Waals surface area contributed by atoms with Gasteiger partial charge in [-0.05, 0) is 38.5 Å². The van der Waals surface area contributed by atoms with Gasteiger partial charge in [0.25, 0.3) is 0 Å². The fourth-order valence-electron chi connectivity index (χ4n) is 8.04. The first-order valence-corrected chi connectivity index (χ1v) is 27.7. The quantitative estimate of drug-likeness (QED) is 0.0262. The Morgan fingerprint density at radius 3 is 0.953 bits per heavy atom. The molecule has 0 saturated carbocycles. The van der Waals surface area contributed by atoms with Crippen LogP contribution in [0.15, 0.2) is 48.6 Å². The Kier molecular flexibility index (Phi) is 50.8. The van der Waals surface area contributed by atoms with E-state index in [1.54, 1.807) is 0 Å². The summed E-state index contributed by atoms with van der Waals surface area (Å²) < 4.78 is 16.8. The molecule has 6 nitrogen and oxygen atoms in total. The molecule has 0 aliphatic rings. The summed E-state index contributed by atoms with van der Waals surface area (Å²) in [5.41, 5.74) is 0. The number of esters is 3. The summed E-state index contributed by atoms with van der Waals surface area (Å²) in [4.78, 5) is 38.1. The second kappa shape index (κ2) is 53.0. The van der Waals surface area contributed by atoms with Gasteiger partial charge in [0, 0.05) is 19.3 Å². The van der Waals surface area contributed by atoms with Gasteiger partial charge in [0.15, 0.2) is 6.10 Å². The molecule has 0 heterocycles. The van der Waals surface area contributed by atoms with E-state index in [-0.39, 0.29) is 31.1 Å². The highest BCUT2D eigenvalue weighted by Crippen LogP contribution is 2.17. The molecule has 64 heavy (non-hydrogen) atoms. The topological polar surface area (TPSA) is 78.9 Å². The smallest absolute Gasteiger partial charge is 0.306 e. The maximum Gasteiger partial charge on any atom is 0.306 e. The van der Waals surface area contributed by atoms with Gasteiger partial charge >= 0.3 is 17.9 Å². The molecule has 0 rings (SSSR count). The first kappa shape index (κ1) is 61.4. The highest BCUT2D eigenvalue weighted by Gasteiger charge is 2.19. The summed E-state index contributed by atoms with van der Waals surface area (Å²) in [6, 6.07) is 0. The van der Waals surface area contributed by atoms with Crippen molar-refractivity contribution in [1.29, 1.82) is 0 Å². The van der Waals surface area contributed by atoms with E-state index in [2.05, 4.69) is 51.2 Å². The number of hydrogen-bond acceptors (Lipinski definition) is 6. The van der Waals surface area contributed by atoms with Crippen LogP contribution in [0.25, 0.3) is 0 Å². The van der Waals surface area contributed by atoms with Crippen LogP contribution in [0.5, 0.6) is 0 Å². The molecule has 0 saturated heterocycles. The van der Waals surface area contributed by atoms with Crippen molar-refractivity contribution in [3.05, 3.63) is 48.6 Å². The monoisotopic (exact) mass is 897 g/mol. The van der Waals surface area contributed by atoms with Crippen LogP contribution in [0.4, 0.5) is 0 Å². The highest BCUT2D eigenvalue weighted by molar-refractivity contribution is 5.71. The van der Waals surface area contributed by atoms with Gasteiger partial charge in [-0.25, -0.2) is 0 Å². The molecular formula is C58H104O6. The van der Waals surface area contributed by atoms with Crippen LogP contribution in [-0.4, -0.2) is 37.2 Å². The van der Waals surface area contributed by atoms with Crippen LogP contribution in [0, 0.1) is 0 Å². The lowest BCUT2D eigenvalue weighted by Gasteiger charge is -2.18. The van der Waals surface area contributed by atoms with Crippen LogP contribution in [0.2, 0.25) is 0 Å². The van der Waals surface area contributed by atoms with E-state index in [0.29, 0.717) is 19.3 Å². The predicted molar refractivity (Wildman–Crippen MR) is 275 cm³/mol. The van der Waals surface area contributed by atoms with Crippen LogP contribution >= 0.6 is 0 Å². The molecule has 0 spiro atoms. The van der Waals surface area contributed by atoms with Crippen LogP contribution in [0.3, 0.4) is 0 Å². The minimum atomic E-state index is -0.781. The summed E-state index contributed by atoms with van der Waals surface area (Å²) in [5.74, 6) is -0.887. The van der Waals surface area contributed by atoms with E-state index in [4.69, 9.17) is 14.2 Å². The zero-order chi connectivity index (χ0) is 46.5. The van der Waals surface area contributed by atoms with E-state index in [9.17, 15) is 14.4 Å². The molecule has 0 aromatic rings. The largest absolute Gasteiger partial charge is 0.462 e. The molecule has 0 aliphatic heterocycles. The van der Waals surface area contributed by atoms with Crippen molar-refractivity contribution >= 4 is 17.9 Å². The second-order valence-corrected chi connectivity index (χ2v) is 18.6. The summed E-state index contributed by atoms with van der Waals surface area (Å²) >= 11 is 0. The molecule has 0 aromatic carbocycles. The lowest BCUT2D eigenvalue weighted by molar-refractivity contribution is -0.167. The molecule has 0 bridgehead atoms. The van der Waals surface area contributed by atoms with Crippen molar-refractivity contribution in [2.45, 2.75) is 290 Å². The van der Waals surface area contributed by atoms with Gasteiger partial charge in [0.05, 0.1) is 0 Å². The molecule has 0 N–H and O–H groups in total. The van der Waals surface area contributed by atoms with Gasteiger partial charge in [-0.15, -0.1) is 0 Å². The van der Waals surface area contributed by atoms with E-state index in [1.807, 2.05) is 18.2 Å². The standard InChI is InChI=1S/C58H104O6/c1-4-7-10-13-16-19-22-25-28-29-31-33-36-39-42-45-48-51-57(60)63-54-55(53-62-56(59)50-47-44-41-38-35-32-27-24-21-18-15-12-9-6-3)64-58(61)52-49-46-43-40-37-34-30-26-23-20-17-14-11-8-5-2/h8,11,14,17,20,23,26,30,55H,4-7,9-10,12-13,15-16,18-19,21-22,24-25,27-29,31-54H2,1-3H3/b11-8-,17-14-,23-20-,30-26-. The Balaban J connectivity index is 4.37. The number of hydrogen-bond donors (Lipinski definition) is 0. The molecule has 1 unspecified atom stereocenters. The van der Waals surface area contributed by atoms with Crippen molar-refractivity contribution in [2.75, 3.05) is 13.2 Å². The van der Waals surface area contributed by atoms with Gasteiger partial charge in [0.1, 0.15) is 13.2 Å². The fourth-order valence-corrected chi connectivity index (χ4v) is 8.04. The Bertz CT molecular complexity index is 1120. The number of carbonyl (C=O) groups is 3. The predicted octanol–water partition coefficient (Wildman–Crippen LogP) is 18.3. The zero-order valence-electron chi connectivity index (χ0n) is 42.6. The first-order valence-electron chi connectivity index (χ1n) is 27.7. The van der Waals surface area contributed by atoms with Crippen LogP contribution < -0.4 is 0 Å². The summed E-state index contributed by atoms with van der Waals surface area (Å²) in [5, 5.41) is 0. The third-order valence-electron chi connectivity index (χ3n) is 12.2. The third-order valence-corrected chi connectivity index (χ3v) is 12.2. The Morgan fingerprint density at radius 1 is 0.328 bits per heavy atom. The fraction of sp³-hybridized carbons (Fsp3) is 0.810. The summed E-state index contributed by atoms with van der Waals surface area (Å²) in [7, 11) is 0. The average molecular weight is 897 g/mol. The second-order valence-electron chi connectivity index (χ2n) is 18.6. The molecule has 0 aliphatic carbocycles. The van der Waals surface area contributed by atoms with E-state index in [0.717, 1.165) is 83.5 Å². The zero-order valence-corrected chi connectivity index (χ0v) is 42.6. The molecule has 0 radical (unpaired) electrons. The van der Waals surface area contributed by atoms with Crippen molar-refractivity contribution in [3.63, 3.8) is 0 Å². The van der Waals surface area contributed by atoms with E-state index < -0.39 is 6.10 Å². The molecule has 0 fully saturated rings. The van der Waals surface area contributed by atoms with Gasteiger partial charge in [0.2, 0.25) is 0 Å². The van der Waals surface area contributed by atoms with Crippen molar-refractivity contribution in [2.24, 2.45) is 0 Å². The van der Waals surface area contributed by atoms with E-state index >= 15 is 0 Å². The van der Waals surface area contributed by atoms with Gasteiger partial charge < -0.3 is 14.2 Å². The normalized spacial score (nSPS) is 12.4. The molecule has 372 valence electrons. The summed E-state index contributed by atoms with van der Waals surface area (Å²) in [6.07, 6.45) is 63.8. The highest BCUT2D eigenvalue weighted by atomic mass is 16.6. The lowest BCUT2D eigenvalue weighted by atomic mass is 10.0. The van der Waals surface area contributed by atoms with E-state index in [1.165, 1.54) is 161 Å². The molecule has 1 atom stereocenters. The van der Waals surface area contributed by atoms with Crippen molar-refractivity contribution < 1.29 is 28.6 Å². The first-order chi connectivity index (χ1) is 31.5. The number of carbonyl (C=O) groups excluding carboxylic acids is 3. The minimum absolute atomic E-state index is 0.0788.